The number of hydrogen-bond donors (Lipinski definition) is 1. The SMILES string of the molecule is O=C1COc2ccccc2[C@H]2CC[C@H](CC2)OC[C@H]2N1CCC[C@]21CCCS(=O)(=O)N1. The molecule has 2 bridgehead atoms. The minimum absolute atomic E-state index is 0.0352. The second-order valence-corrected chi connectivity index (χ2v) is 11.4. The predicted molar refractivity (Wildman–Crippen MR) is 117 cm³/mol. The third-order valence-electron chi connectivity index (χ3n) is 7.63. The van der Waals surface area contributed by atoms with E-state index in [4.69, 9.17) is 9.47 Å². The maximum absolute atomic E-state index is 13.3. The van der Waals surface area contributed by atoms with Crippen molar-refractivity contribution < 1.29 is 22.7 Å². The van der Waals surface area contributed by atoms with E-state index in [2.05, 4.69) is 10.8 Å². The number of carbonyl (C=O) groups excluding carboxylic acids is 1. The Kier molecular flexibility index (Phi) is 5.73. The summed E-state index contributed by atoms with van der Waals surface area (Å²) in [7, 11) is -3.34. The fourth-order valence-electron chi connectivity index (χ4n) is 6.07. The van der Waals surface area contributed by atoms with Crippen molar-refractivity contribution in [3.05, 3.63) is 29.8 Å². The standard InChI is InChI=1S/C23H32N2O5S/c26-22-16-30-20-6-2-1-5-19(20)17-7-9-18(10-8-17)29-15-21-23(11-3-13-25(21)22)12-4-14-31(27,28)24-23/h1-2,5-6,17-18,21,24H,3-4,7-16H2/t17-,18+,21-,23+/m1/s1. The molecule has 4 heterocycles. The molecule has 0 unspecified atom stereocenters. The molecular formula is C23H32N2O5S. The van der Waals surface area contributed by atoms with Crippen LogP contribution in [0.25, 0.3) is 0 Å². The molecule has 2 saturated heterocycles. The first-order valence-electron chi connectivity index (χ1n) is 11.6. The fourth-order valence-corrected chi connectivity index (χ4v) is 7.66. The molecule has 1 aromatic carbocycles. The van der Waals surface area contributed by atoms with Gasteiger partial charge in [-0.15, -0.1) is 0 Å². The minimum Gasteiger partial charge on any atom is -0.483 e. The first kappa shape index (κ1) is 21.2. The third-order valence-corrected chi connectivity index (χ3v) is 9.17. The van der Waals surface area contributed by atoms with E-state index < -0.39 is 15.6 Å². The Labute approximate surface area is 184 Å². The molecule has 170 valence electrons. The number of nitrogens with one attached hydrogen (secondary N) is 1. The van der Waals surface area contributed by atoms with Gasteiger partial charge < -0.3 is 14.4 Å². The Bertz CT molecular complexity index is 924. The number of hydrogen-bond acceptors (Lipinski definition) is 5. The maximum Gasteiger partial charge on any atom is 0.260 e. The number of benzene rings is 1. The molecule has 0 radical (unpaired) electrons. The van der Waals surface area contributed by atoms with Gasteiger partial charge in [0, 0.05) is 6.54 Å². The highest BCUT2D eigenvalue weighted by Crippen LogP contribution is 2.40. The lowest BCUT2D eigenvalue weighted by molar-refractivity contribution is -0.144. The topological polar surface area (TPSA) is 84.9 Å². The van der Waals surface area contributed by atoms with Crippen molar-refractivity contribution in [2.45, 2.75) is 75.0 Å². The van der Waals surface area contributed by atoms with Gasteiger partial charge in [0.25, 0.3) is 5.91 Å². The van der Waals surface area contributed by atoms with Gasteiger partial charge in [-0.2, -0.15) is 0 Å². The van der Waals surface area contributed by atoms with Crippen LogP contribution in [0.2, 0.25) is 0 Å². The first-order chi connectivity index (χ1) is 15.0. The van der Waals surface area contributed by atoms with E-state index in [0.29, 0.717) is 25.5 Å². The van der Waals surface area contributed by atoms with Crippen LogP contribution >= 0.6 is 0 Å². The number of nitrogens with zero attached hydrogens (tertiary/aromatic N) is 1. The summed E-state index contributed by atoms with van der Waals surface area (Å²) >= 11 is 0. The summed E-state index contributed by atoms with van der Waals surface area (Å²) in [6, 6.07) is 7.74. The summed E-state index contributed by atoms with van der Waals surface area (Å²) in [5.41, 5.74) is 0.542. The number of amides is 1. The van der Waals surface area contributed by atoms with Crippen molar-refractivity contribution in [3.8, 4) is 5.75 Å². The molecule has 1 spiro atoms. The smallest absolute Gasteiger partial charge is 0.260 e. The molecule has 4 aliphatic heterocycles. The van der Waals surface area contributed by atoms with Gasteiger partial charge in [-0.3, -0.25) is 4.79 Å². The highest BCUT2D eigenvalue weighted by Gasteiger charge is 2.50. The lowest BCUT2D eigenvalue weighted by Crippen LogP contribution is -2.69. The molecule has 1 saturated carbocycles. The summed E-state index contributed by atoms with van der Waals surface area (Å²) in [6.45, 7) is 0.942. The monoisotopic (exact) mass is 448 g/mol. The van der Waals surface area contributed by atoms with Crippen molar-refractivity contribution in [2.24, 2.45) is 0 Å². The van der Waals surface area contributed by atoms with E-state index in [0.717, 1.165) is 50.7 Å². The summed E-state index contributed by atoms with van der Waals surface area (Å²) in [5.74, 6) is 1.27. The Morgan fingerprint density at radius 1 is 1.06 bits per heavy atom. The number of piperidine rings is 1. The molecule has 1 amide bonds. The molecule has 8 heteroatoms. The van der Waals surface area contributed by atoms with Crippen LogP contribution in [0.1, 0.15) is 62.8 Å². The quantitative estimate of drug-likeness (QED) is 0.659. The second kappa shape index (κ2) is 8.37. The number of fused-ring (bicyclic) bond motifs is 5. The lowest BCUT2D eigenvalue weighted by Gasteiger charge is -2.51. The van der Waals surface area contributed by atoms with E-state index in [-0.39, 0.29) is 30.4 Å². The first-order valence-corrected chi connectivity index (χ1v) is 13.3. The van der Waals surface area contributed by atoms with Gasteiger partial charge in [-0.1, -0.05) is 18.2 Å². The third kappa shape index (κ3) is 4.22. The molecule has 3 fully saturated rings. The van der Waals surface area contributed by atoms with Crippen LogP contribution in [0, 0.1) is 0 Å². The van der Waals surface area contributed by atoms with Crippen LogP contribution in [0.5, 0.6) is 5.75 Å². The van der Waals surface area contributed by atoms with Crippen LogP contribution < -0.4 is 9.46 Å². The molecular weight excluding hydrogens is 416 g/mol. The van der Waals surface area contributed by atoms with Gasteiger partial charge in [0.05, 0.1) is 30.0 Å². The number of rotatable bonds is 0. The van der Waals surface area contributed by atoms with E-state index in [9.17, 15) is 13.2 Å². The van der Waals surface area contributed by atoms with Gasteiger partial charge in [0.2, 0.25) is 10.0 Å². The molecule has 2 atom stereocenters. The fraction of sp³-hybridized carbons (Fsp3) is 0.696. The van der Waals surface area contributed by atoms with Crippen LogP contribution in [0.15, 0.2) is 24.3 Å². The maximum atomic E-state index is 13.3. The number of carbonyl (C=O) groups is 1. The van der Waals surface area contributed by atoms with Gasteiger partial charge in [0.1, 0.15) is 5.75 Å². The van der Waals surface area contributed by atoms with Crippen molar-refractivity contribution >= 4 is 15.9 Å². The van der Waals surface area contributed by atoms with Gasteiger partial charge in [0.15, 0.2) is 6.61 Å². The summed E-state index contributed by atoms with van der Waals surface area (Å²) in [6.07, 6.45) is 7.02. The number of ether oxygens (including phenoxy) is 2. The molecule has 1 aliphatic carbocycles. The molecule has 1 N–H and O–H groups in total. The molecule has 31 heavy (non-hydrogen) atoms. The Balaban J connectivity index is 1.47. The summed E-state index contributed by atoms with van der Waals surface area (Å²) in [4.78, 5) is 15.1. The Morgan fingerprint density at radius 3 is 2.65 bits per heavy atom. The van der Waals surface area contributed by atoms with E-state index in [1.165, 1.54) is 5.56 Å². The zero-order chi connectivity index (χ0) is 21.5. The van der Waals surface area contributed by atoms with E-state index in [1.807, 2.05) is 23.1 Å². The average molecular weight is 449 g/mol. The highest BCUT2D eigenvalue weighted by molar-refractivity contribution is 7.89. The minimum atomic E-state index is -3.34. The highest BCUT2D eigenvalue weighted by atomic mass is 32.2. The zero-order valence-corrected chi connectivity index (χ0v) is 18.7. The Morgan fingerprint density at radius 2 is 1.84 bits per heavy atom. The van der Waals surface area contributed by atoms with Crippen molar-refractivity contribution in [1.29, 1.82) is 0 Å². The molecule has 6 rings (SSSR count). The van der Waals surface area contributed by atoms with E-state index >= 15 is 0 Å². The molecule has 7 nitrogen and oxygen atoms in total. The molecule has 0 aromatic heterocycles. The van der Waals surface area contributed by atoms with Crippen LogP contribution in [0.3, 0.4) is 0 Å². The lowest BCUT2D eigenvalue weighted by atomic mass is 9.78. The number of sulfonamides is 1. The molecule has 1 aromatic rings. The van der Waals surface area contributed by atoms with Crippen molar-refractivity contribution in [1.82, 2.24) is 9.62 Å². The van der Waals surface area contributed by atoms with Crippen LogP contribution in [-0.2, 0) is 19.6 Å². The Hall–Kier alpha value is -1.64. The van der Waals surface area contributed by atoms with Crippen molar-refractivity contribution in [3.63, 3.8) is 0 Å². The van der Waals surface area contributed by atoms with Crippen molar-refractivity contribution in [2.75, 3.05) is 25.5 Å². The zero-order valence-electron chi connectivity index (χ0n) is 17.9. The van der Waals surface area contributed by atoms with E-state index in [1.54, 1.807) is 0 Å². The molecule has 5 aliphatic rings. The van der Waals surface area contributed by atoms with Crippen LogP contribution in [0.4, 0.5) is 0 Å². The normalized spacial score (nSPS) is 35.8. The van der Waals surface area contributed by atoms with Crippen LogP contribution in [-0.4, -0.2) is 62.4 Å². The number of para-hydroxylation sites is 1. The predicted octanol–water partition coefficient (Wildman–Crippen LogP) is 2.56. The summed E-state index contributed by atoms with van der Waals surface area (Å²) in [5, 5.41) is 0. The second-order valence-electron chi connectivity index (χ2n) is 9.52. The average Bonchev–Trinajstić information content (AvgIpc) is 2.77. The van der Waals surface area contributed by atoms with Gasteiger partial charge in [-0.25, -0.2) is 13.1 Å². The van der Waals surface area contributed by atoms with Gasteiger partial charge in [-0.05, 0) is 68.9 Å². The largest absolute Gasteiger partial charge is 0.483 e. The van der Waals surface area contributed by atoms with Gasteiger partial charge >= 0.3 is 0 Å². The summed E-state index contributed by atoms with van der Waals surface area (Å²) < 4.78 is 40.4.